The molecule has 0 spiro atoms. The van der Waals surface area contributed by atoms with Gasteiger partial charge in [0.15, 0.2) is 5.65 Å². The zero-order valence-electron chi connectivity index (χ0n) is 16.1. The zero-order chi connectivity index (χ0) is 20.5. The molecule has 0 aliphatic carbocycles. The van der Waals surface area contributed by atoms with Crippen molar-refractivity contribution >= 4 is 5.65 Å². The molecule has 28 heavy (non-hydrogen) atoms. The largest absolute Gasteiger partial charge is 0.286 e. The smallest absolute Gasteiger partial charge is 0.160 e. The van der Waals surface area contributed by atoms with Crippen molar-refractivity contribution in [2.45, 2.75) is 20.3 Å². The molecule has 0 fully saturated rings. The predicted molar refractivity (Wildman–Crippen MR) is 110 cm³/mol. The minimum atomic E-state index is -0.564. The summed E-state index contributed by atoms with van der Waals surface area (Å²) in [6, 6.07) is 7.33. The number of hydrogen-bond donors (Lipinski definition) is 0. The molecule has 0 saturated carbocycles. The lowest BCUT2D eigenvalue weighted by Gasteiger charge is -2.05. The maximum absolute atomic E-state index is 13.6. The highest BCUT2D eigenvalue weighted by Crippen LogP contribution is 2.15. The molecule has 144 valence electrons. The molecule has 2 aromatic heterocycles. The topological polar surface area (TPSA) is 30.2 Å². The molecule has 0 bridgehead atoms. The normalized spacial score (nSPS) is 11.0. The van der Waals surface area contributed by atoms with Crippen molar-refractivity contribution in [3.63, 3.8) is 0 Å². The number of hydrogen-bond acceptors (Lipinski definition) is 2. The summed E-state index contributed by atoms with van der Waals surface area (Å²) in [5, 5.41) is 7.95. The van der Waals surface area contributed by atoms with Gasteiger partial charge in [-0.05, 0) is 42.7 Å². The molecule has 0 aliphatic rings. The Bertz CT molecular complexity index is 1030. The fourth-order valence-electron chi connectivity index (χ4n) is 2.40. The van der Waals surface area contributed by atoms with Crippen molar-refractivity contribution in [1.82, 2.24) is 14.6 Å². The molecule has 0 saturated heterocycles. The number of aromatic nitrogens is 3. The standard InChI is InChI=1S/C14H11F2N3.C9H12/c1-9-17-18-14-5-2-10(8-19(9)14)6-11-3-4-12(15)7-13(11)16;1-4-6-7-8-9(3)5-2/h2-5,7-8H,6H2,1H3;4-8H,2-3H2,1H3/b;6-4-,8-7-. The summed E-state index contributed by atoms with van der Waals surface area (Å²) in [7, 11) is 0. The lowest BCUT2D eigenvalue weighted by atomic mass is 10.1. The predicted octanol–water partition coefficient (Wildman–Crippen LogP) is 5.77. The van der Waals surface area contributed by atoms with Crippen molar-refractivity contribution in [2.75, 3.05) is 0 Å². The first-order valence-corrected chi connectivity index (χ1v) is 8.79. The number of halogens is 2. The van der Waals surface area contributed by atoms with Crippen molar-refractivity contribution in [1.29, 1.82) is 0 Å². The van der Waals surface area contributed by atoms with E-state index in [1.165, 1.54) is 12.1 Å². The molecular formula is C23H23F2N3. The molecule has 2 heterocycles. The third kappa shape index (κ3) is 5.84. The van der Waals surface area contributed by atoms with Crippen molar-refractivity contribution < 1.29 is 8.78 Å². The van der Waals surface area contributed by atoms with Gasteiger partial charge >= 0.3 is 0 Å². The maximum Gasteiger partial charge on any atom is 0.160 e. The Balaban J connectivity index is 0.000000266. The third-order valence-electron chi connectivity index (χ3n) is 3.92. The molecule has 0 aliphatic heterocycles. The van der Waals surface area contributed by atoms with E-state index in [2.05, 4.69) is 23.4 Å². The summed E-state index contributed by atoms with van der Waals surface area (Å²) in [6.07, 6.45) is 11.8. The Labute approximate surface area is 164 Å². The second-order valence-corrected chi connectivity index (χ2v) is 6.09. The van der Waals surface area contributed by atoms with E-state index in [0.717, 1.165) is 28.7 Å². The van der Waals surface area contributed by atoms with Crippen LogP contribution in [0.4, 0.5) is 8.78 Å². The van der Waals surface area contributed by atoms with Crippen LogP contribution in [0.1, 0.15) is 23.9 Å². The fraction of sp³-hybridized carbons (Fsp3) is 0.130. The number of nitrogens with zero attached hydrogens (tertiary/aromatic N) is 3. The lowest BCUT2D eigenvalue weighted by Crippen LogP contribution is -1.96. The van der Waals surface area contributed by atoms with Gasteiger partial charge in [0.1, 0.15) is 17.5 Å². The van der Waals surface area contributed by atoms with Crippen LogP contribution in [-0.4, -0.2) is 14.6 Å². The second kappa shape index (κ2) is 10.1. The first kappa shape index (κ1) is 21.0. The average Bonchev–Trinajstić information content (AvgIpc) is 3.05. The summed E-state index contributed by atoms with van der Waals surface area (Å²) in [4.78, 5) is 0. The van der Waals surface area contributed by atoms with Gasteiger partial charge in [-0.1, -0.05) is 55.7 Å². The highest BCUT2D eigenvalue weighted by molar-refractivity contribution is 5.40. The van der Waals surface area contributed by atoms with Crippen LogP contribution in [0.5, 0.6) is 0 Å². The number of rotatable bonds is 5. The lowest BCUT2D eigenvalue weighted by molar-refractivity contribution is 0.574. The Kier molecular flexibility index (Phi) is 7.57. The number of fused-ring (bicyclic) bond motifs is 1. The van der Waals surface area contributed by atoms with E-state index in [1.807, 2.05) is 60.9 Å². The van der Waals surface area contributed by atoms with Gasteiger partial charge < -0.3 is 0 Å². The Morgan fingerprint density at radius 1 is 1.14 bits per heavy atom. The van der Waals surface area contributed by atoms with E-state index in [9.17, 15) is 8.78 Å². The van der Waals surface area contributed by atoms with Crippen LogP contribution >= 0.6 is 0 Å². The summed E-state index contributed by atoms with van der Waals surface area (Å²) in [5.74, 6) is -0.316. The first-order chi connectivity index (χ1) is 13.4. The summed E-state index contributed by atoms with van der Waals surface area (Å²) < 4.78 is 28.3. The molecule has 1 aromatic carbocycles. The van der Waals surface area contributed by atoms with Crippen LogP contribution in [0, 0.1) is 18.6 Å². The van der Waals surface area contributed by atoms with E-state index in [0.29, 0.717) is 12.0 Å². The quantitative estimate of drug-likeness (QED) is 0.527. The summed E-state index contributed by atoms with van der Waals surface area (Å²) >= 11 is 0. The molecule has 3 rings (SSSR count). The molecule has 0 radical (unpaired) electrons. The van der Waals surface area contributed by atoms with E-state index < -0.39 is 11.6 Å². The molecule has 3 aromatic rings. The second-order valence-electron chi connectivity index (χ2n) is 6.09. The Morgan fingerprint density at radius 3 is 2.61 bits per heavy atom. The Hall–Kier alpha value is -3.34. The molecule has 0 unspecified atom stereocenters. The van der Waals surface area contributed by atoms with Crippen LogP contribution in [0.15, 0.2) is 85.6 Å². The molecule has 0 N–H and O–H groups in total. The molecular weight excluding hydrogens is 356 g/mol. The van der Waals surface area contributed by atoms with Gasteiger partial charge in [-0.15, -0.1) is 10.2 Å². The minimum absolute atomic E-state index is 0.402. The summed E-state index contributed by atoms with van der Waals surface area (Å²) in [5.41, 5.74) is 3.07. The van der Waals surface area contributed by atoms with Gasteiger partial charge in [0.25, 0.3) is 0 Å². The van der Waals surface area contributed by atoms with Crippen LogP contribution in [0.2, 0.25) is 0 Å². The van der Waals surface area contributed by atoms with Gasteiger partial charge in [0.05, 0.1) is 0 Å². The highest BCUT2D eigenvalue weighted by atomic mass is 19.1. The van der Waals surface area contributed by atoms with Gasteiger partial charge in [-0.3, -0.25) is 4.40 Å². The summed E-state index contributed by atoms with van der Waals surface area (Å²) in [6.45, 7) is 11.1. The van der Waals surface area contributed by atoms with E-state index in [-0.39, 0.29) is 0 Å². The monoisotopic (exact) mass is 379 g/mol. The van der Waals surface area contributed by atoms with Gasteiger partial charge in [-0.25, -0.2) is 8.78 Å². The molecule has 3 nitrogen and oxygen atoms in total. The van der Waals surface area contributed by atoms with Crippen molar-refractivity contribution in [2.24, 2.45) is 0 Å². The third-order valence-corrected chi connectivity index (χ3v) is 3.92. The van der Waals surface area contributed by atoms with Crippen LogP contribution in [0.25, 0.3) is 5.65 Å². The number of aryl methyl sites for hydroxylation is 1. The SMILES string of the molecule is C=CC(=C)/C=C\C=C/C.Cc1nnc2ccc(Cc3ccc(F)cc3F)cn12. The van der Waals surface area contributed by atoms with Crippen LogP contribution in [-0.2, 0) is 6.42 Å². The molecule has 5 heteroatoms. The van der Waals surface area contributed by atoms with Crippen molar-refractivity contribution in [3.8, 4) is 0 Å². The maximum atomic E-state index is 13.6. The van der Waals surface area contributed by atoms with Gasteiger partial charge in [0.2, 0.25) is 0 Å². The van der Waals surface area contributed by atoms with Crippen LogP contribution in [0.3, 0.4) is 0 Å². The van der Waals surface area contributed by atoms with E-state index >= 15 is 0 Å². The Morgan fingerprint density at radius 2 is 1.93 bits per heavy atom. The van der Waals surface area contributed by atoms with Crippen LogP contribution < -0.4 is 0 Å². The average molecular weight is 379 g/mol. The number of allylic oxidation sites excluding steroid dienone is 6. The molecule has 0 amide bonds. The number of pyridine rings is 1. The zero-order valence-corrected chi connectivity index (χ0v) is 16.1. The highest BCUT2D eigenvalue weighted by Gasteiger charge is 2.07. The minimum Gasteiger partial charge on any atom is -0.286 e. The van der Waals surface area contributed by atoms with Gasteiger partial charge in [0, 0.05) is 18.7 Å². The van der Waals surface area contributed by atoms with E-state index in [4.69, 9.17) is 0 Å². The van der Waals surface area contributed by atoms with E-state index in [1.54, 1.807) is 6.08 Å². The van der Waals surface area contributed by atoms with Crippen molar-refractivity contribution in [3.05, 3.63) is 114 Å². The number of benzene rings is 1. The fourth-order valence-corrected chi connectivity index (χ4v) is 2.40. The first-order valence-electron chi connectivity index (χ1n) is 8.79. The molecule has 0 atom stereocenters. The van der Waals surface area contributed by atoms with Gasteiger partial charge in [-0.2, -0.15) is 0 Å².